The largest absolute Gasteiger partial charge is 0.482 e. The van der Waals surface area contributed by atoms with E-state index in [0.717, 1.165) is 4.68 Å². The van der Waals surface area contributed by atoms with E-state index in [1.165, 1.54) is 4.90 Å². The molecule has 0 radical (unpaired) electrons. The lowest BCUT2D eigenvalue weighted by Crippen LogP contribution is -2.35. The van der Waals surface area contributed by atoms with Crippen molar-refractivity contribution >= 4 is 23.2 Å². The molecule has 0 aliphatic carbocycles. The molecule has 2 amide bonds. The summed E-state index contributed by atoms with van der Waals surface area (Å²) in [7, 11) is 1.63. The number of ether oxygens (including phenoxy) is 1. The highest BCUT2D eigenvalue weighted by Crippen LogP contribution is 2.33. The molecule has 1 aliphatic rings. The maximum Gasteiger partial charge on any atom is 0.348 e. The van der Waals surface area contributed by atoms with Gasteiger partial charge in [-0.1, -0.05) is 18.2 Å². The highest BCUT2D eigenvalue weighted by molar-refractivity contribution is 6.03. The number of nitrogens with one attached hydrogen (secondary N) is 2. The molecule has 0 saturated carbocycles. The Balaban J connectivity index is 1.59. The van der Waals surface area contributed by atoms with E-state index in [2.05, 4.69) is 15.4 Å². The van der Waals surface area contributed by atoms with Gasteiger partial charge in [0.25, 0.3) is 11.8 Å². The molecule has 3 aromatic rings. The topological polar surface area (TPSA) is 109 Å². The van der Waals surface area contributed by atoms with Crippen LogP contribution in [0.5, 0.6) is 5.75 Å². The quantitative estimate of drug-likeness (QED) is 0.724. The SMILES string of the molecule is CN1C(=O)COc2ccc(NC(=O)c3nn(-c4ccccc4)c(=O)[nH]3)cc21. The monoisotopic (exact) mass is 365 g/mol. The van der Waals surface area contributed by atoms with Gasteiger partial charge in [0.05, 0.1) is 11.4 Å². The summed E-state index contributed by atoms with van der Waals surface area (Å²) in [4.78, 5) is 40.2. The first kappa shape index (κ1) is 16.6. The van der Waals surface area contributed by atoms with Crippen molar-refractivity contribution in [3.8, 4) is 11.4 Å². The standard InChI is InChI=1S/C18H15N5O4/c1-22-13-9-11(7-8-14(13)27-10-15(22)24)19-17(25)16-20-18(26)23(21-16)12-5-3-2-4-6-12/h2-9H,10H2,1H3,(H,19,25)(H,20,21,26). The van der Waals surface area contributed by atoms with Crippen LogP contribution in [0, 0.1) is 0 Å². The molecule has 136 valence electrons. The average Bonchev–Trinajstić information content (AvgIpc) is 3.08. The number of anilines is 2. The van der Waals surface area contributed by atoms with Crippen molar-refractivity contribution < 1.29 is 14.3 Å². The van der Waals surface area contributed by atoms with Crippen molar-refractivity contribution in [3.63, 3.8) is 0 Å². The zero-order valence-corrected chi connectivity index (χ0v) is 14.3. The Hall–Kier alpha value is -3.88. The number of aromatic amines is 1. The molecule has 0 fully saturated rings. The van der Waals surface area contributed by atoms with E-state index in [4.69, 9.17) is 4.74 Å². The van der Waals surface area contributed by atoms with Gasteiger partial charge in [-0.15, -0.1) is 5.10 Å². The van der Waals surface area contributed by atoms with Crippen LogP contribution in [0.2, 0.25) is 0 Å². The van der Waals surface area contributed by atoms with Crippen molar-refractivity contribution in [2.45, 2.75) is 0 Å². The second kappa shape index (κ2) is 6.45. The molecule has 1 aliphatic heterocycles. The number of carbonyl (C=O) groups is 2. The summed E-state index contributed by atoms with van der Waals surface area (Å²) in [6, 6.07) is 13.7. The van der Waals surface area contributed by atoms with Gasteiger partial charge in [0.2, 0.25) is 5.82 Å². The molecule has 2 aromatic carbocycles. The van der Waals surface area contributed by atoms with E-state index in [-0.39, 0.29) is 18.3 Å². The van der Waals surface area contributed by atoms with E-state index in [9.17, 15) is 14.4 Å². The van der Waals surface area contributed by atoms with Gasteiger partial charge in [-0.3, -0.25) is 14.6 Å². The van der Waals surface area contributed by atoms with Gasteiger partial charge < -0.3 is 15.0 Å². The number of fused-ring (bicyclic) bond motifs is 1. The first-order chi connectivity index (χ1) is 13.0. The van der Waals surface area contributed by atoms with Gasteiger partial charge in [0.15, 0.2) is 6.61 Å². The van der Waals surface area contributed by atoms with Crippen molar-refractivity contribution in [3.05, 3.63) is 64.8 Å². The first-order valence-electron chi connectivity index (χ1n) is 8.12. The summed E-state index contributed by atoms with van der Waals surface area (Å²) in [5.41, 5.74) is 1.02. The third-order valence-electron chi connectivity index (χ3n) is 4.14. The highest BCUT2D eigenvalue weighted by atomic mass is 16.5. The number of para-hydroxylation sites is 1. The second-order valence-corrected chi connectivity index (χ2v) is 5.90. The van der Waals surface area contributed by atoms with E-state index >= 15 is 0 Å². The van der Waals surface area contributed by atoms with Crippen LogP contribution in [-0.2, 0) is 4.79 Å². The minimum atomic E-state index is -0.576. The van der Waals surface area contributed by atoms with E-state index in [1.807, 2.05) is 6.07 Å². The highest BCUT2D eigenvalue weighted by Gasteiger charge is 2.23. The van der Waals surface area contributed by atoms with Crippen LogP contribution in [-0.4, -0.2) is 40.2 Å². The zero-order valence-electron chi connectivity index (χ0n) is 14.3. The zero-order chi connectivity index (χ0) is 19.0. The van der Waals surface area contributed by atoms with Crippen LogP contribution in [0.3, 0.4) is 0 Å². The number of amides is 2. The molecule has 0 unspecified atom stereocenters. The Morgan fingerprint density at radius 1 is 1.19 bits per heavy atom. The Morgan fingerprint density at radius 2 is 1.96 bits per heavy atom. The molecular formula is C18H15N5O4. The predicted molar refractivity (Wildman–Crippen MR) is 97.5 cm³/mol. The Labute approximate surface area is 153 Å². The molecular weight excluding hydrogens is 350 g/mol. The number of likely N-dealkylation sites (N-methyl/N-ethyl adjacent to an activating group) is 1. The smallest absolute Gasteiger partial charge is 0.348 e. The third-order valence-corrected chi connectivity index (χ3v) is 4.14. The minimum absolute atomic E-state index is 0.0205. The van der Waals surface area contributed by atoms with Crippen molar-refractivity contribution in [1.82, 2.24) is 14.8 Å². The molecule has 2 heterocycles. The molecule has 0 atom stereocenters. The Morgan fingerprint density at radius 3 is 2.74 bits per heavy atom. The van der Waals surface area contributed by atoms with Crippen molar-refractivity contribution in [2.75, 3.05) is 23.9 Å². The molecule has 9 heteroatoms. The van der Waals surface area contributed by atoms with Crippen LogP contribution in [0.25, 0.3) is 5.69 Å². The number of benzene rings is 2. The van der Waals surface area contributed by atoms with E-state index < -0.39 is 11.6 Å². The fourth-order valence-electron chi connectivity index (χ4n) is 2.71. The second-order valence-electron chi connectivity index (χ2n) is 5.90. The number of hydrogen-bond donors (Lipinski definition) is 2. The molecule has 1 aromatic heterocycles. The normalized spacial score (nSPS) is 13.1. The van der Waals surface area contributed by atoms with Crippen LogP contribution in [0.15, 0.2) is 53.3 Å². The third kappa shape index (κ3) is 3.06. The number of aromatic nitrogens is 3. The number of carbonyl (C=O) groups excluding carboxylic acids is 2. The molecule has 27 heavy (non-hydrogen) atoms. The van der Waals surface area contributed by atoms with Crippen LogP contribution in [0.1, 0.15) is 10.6 Å². The summed E-state index contributed by atoms with van der Waals surface area (Å²) in [5, 5.41) is 6.70. The maximum atomic E-state index is 12.5. The maximum absolute atomic E-state index is 12.5. The van der Waals surface area contributed by atoms with Crippen molar-refractivity contribution in [2.24, 2.45) is 0 Å². The minimum Gasteiger partial charge on any atom is -0.482 e. The van der Waals surface area contributed by atoms with Gasteiger partial charge in [-0.05, 0) is 30.3 Å². The molecule has 2 N–H and O–H groups in total. The van der Waals surface area contributed by atoms with Crippen LogP contribution < -0.4 is 20.6 Å². The molecule has 0 saturated heterocycles. The van der Waals surface area contributed by atoms with Crippen LogP contribution >= 0.6 is 0 Å². The van der Waals surface area contributed by atoms with E-state index in [1.54, 1.807) is 49.5 Å². The number of H-pyrrole nitrogens is 1. The molecule has 4 rings (SSSR count). The van der Waals surface area contributed by atoms with Crippen LogP contribution in [0.4, 0.5) is 11.4 Å². The van der Waals surface area contributed by atoms with E-state index in [0.29, 0.717) is 22.8 Å². The lowest BCUT2D eigenvalue weighted by Gasteiger charge is -2.26. The summed E-state index contributed by atoms with van der Waals surface area (Å²) < 4.78 is 6.46. The Bertz CT molecular complexity index is 1090. The van der Waals surface area contributed by atoms with Gasteiger partial charge in [0.1, 0.15) is 5.75 Å². The fraction of sp³-hybridized carbons (Fsp3) is 0.111. The number of rotatable bonds is 3. The Kier molecular flexibility index (Phi) is 3.96. The van der Waals surface area contributed by atoms with Gasteiger partial charge in [0, 0.05) is 12.7 Å². The summed E-state index contributed by atoms with van der Waals surface area (Å²) >= 11 is 0. The molecule has 0 bridgehead atoms. The van der Waals surface area contributed by atoms with Crippen molar-refractivity contribution in [1.29, 1.82) is 0 Å². The molecule has 9 nitrogen and oxygen atoms in total. The summed E-state index contributed by atoms with van der Waals surface area (Å²) in [5.74, 6) is -0.330. The summed E-state index contributed by atoms with van der Waals surface area (Å²) in [6.07, 6.45) is 0. The fourth-order valence-corrected chi connectivity index (χ4v) is 2.71. The van der Waals surface area contributed by atoms with Gasteiger partial charge >= 0.3 is 5.69 Å². The predicted octanol–water partition coefficient (Wildman–Crippen LogP) is 1.17. The molecule has 0 spiro atoms. The summed E-state index contributed by atoms with van der Waals surface area (Å²) in [6.45, 7) is -0.0205. The lowest BCUT2D eigenvalue weighted by molar-refractivity contribution is -0.120. The average molecular weight is 365 g/mol. The van der Waals surface area contributed by atoms with Gasteiger partial charge in [-0.25, -0.2) is 4.79 Å². The van der Waals surface area contributed by atoms with Gasteiger partial charge in [-0.2, -0.15) is 4.68 Å². The number of nitrogens with zero attached hydrogens (tertiary/aromatic N) is 3. The lowest BCUT2D eigenvalue weighted by atomic mass is 10.2. The number of hydrogen-bond acceptors (Lipinski definition) is 5. The first-order valence-corrected chi connectivity index (χ1v) is 8.12.